The van der Waals surface area contributed by atoms with E-state index in [1.165, 1.54) is 9.27 Å². The van der Waals surface area contributed by atoms with Crippen LogP contribution < -0.4 is 8.45 Å². The Morgan fingerprint density at radius 1 is 1.11 bits per heavy atom. The van der Waals surface area contributed by atoms with Crippen molar-refractivity contribution in [1.82, 2.24) is 9.38 Å². The topological polar surface area (TPSA) is 26.5 Å². The number of imidazole rings is 1. The van der Waals surface area contributed by atoms with Gasteiger partial charge in [0, 0.05) is 0 Å². The summed E-state index contributed by atoms with van der Waals surface area (Å²) in [5.74, 6) is 0.880. The van der Waals surface area contributed by atoms with Crippen molar-refractivity contribution in [1.29, 1.82) is 0 Å². The average molecular weight is 357 g/mol. The summed E-state index contributed by atoms with van der Waals surface area (Å²) in [6, 6.07) is 14.3. The molecule has 0 saturated carbocycles. The van der Waals surface area contributed by atoms with Gasteiger partial charge in [0.05, 0.1) is 0 Å². The molecule has 94 valence electrons. The zero-order chi connectivity index (χ0) is 13.2. The van der Waals surface area contributed by atoms with E-state index in [2.05, 4.69) is 39.8 Å². The summed E-state index contributed by atoms with van der Waals surface area (Å²) < 4.78 is 8.84. The maximum absolute atomic E-state index is 5.21. The van der Waals surface area contributed by atoms with Gasteiger partial charge in [-0.3, -0.25) is 0 Å². The second-order valence-corrected chi connectivity index (χ2v) is 7.00. The fourth-order valence-electron chi connectivity index (χ4n) is 2.18. The van der Waals surface area contributed by atoms with E-state index in [1.54, 1.807) is 7.11 Å². The zero-order valence-corrected chi connectivity index (χ0v) is 13.8. The Morgan fingerprint density at radius 3 is 2.58 bits per heavy atom. The third kappa shape index (κ3) is 2.23. The number of methoxy groups -OCH3 is 1. The molecule has 0 aliphatic carbocycles. The molecule has 3 nitrogen and oxygen atoms in total. The molecular formula is C15H14N2OSn. The molecule has 0 saturated heterocycles. The summed E-state index contributed by atoms with van der Waals surface area (Å²) in [6.45, 7) is 0. The van der Waals surface area contributed by atoms with Crippen molar-refractivity contribution in [2.45, 2.75) is 4.94 Å². The van der Waals surface area contributed by atoms with Gasteiger partial charge in [0.1, 0.15) is 0 Å². The van der Waals surface area contributed by atoms with Gasteiger partial charge < -0.3 is 0 Å². The fourth-order valence-corrected chi connectivity index (χ4v) is 4.66. The van der Waals surface area contributed by atoms with Crippen molar-refractivity contribution in [2.24, 2.45) is 0 Å². The Balaban J connectivity index is 2.17. The van der Waals surface area contributed by atoms with E-state index in [0.29, 0.717) is 0 Å². The van der Waals surface area contributed by atoms with Crippen LogP contribution in [0.25, 0.3) is 16.9 Å². The molecule has 0 N–H and O–H groups in total. The molecule has 3 aromatic rings. The van der Waals surface area contributed by atoms with Gasteiger partial charge in [0.25, 0.3) is 0 Å². The van der Waals surface area contributed by atoms with Crippen LogP contribution in [0.5, 0.6) is 5.75 Å². The number of hydrogen-bond acceptors (Lipinski definition) is 2. The molecule has 0 spiro atoms. The van der Waals surface area contributed by atoms with E-state index < -0.39 is 21.1 Å². The SMILES string of the molecule is COc1ccc(-c2nc3ccccn3[c]2[Sn][CH3])cc1. The van der Waals surface area contributed by atoms with E-state index in [9.17, 15) is 0 Å². The van der Waals surface area contributed by atoms with Gasteiger partial charge in [-0.15, -0.1) is 0 Å². The standard InChI is InChI=1S/C14H11N2O.CH3.Sn/c1-17-12-7-5-11(6-8-12)13-10-16-9-3-2-4-14(16)15-13;;/h2-9H,1H3;1H3;. The Bertz CT molecular complexity index is 704. The molecule has 0 unspecified atom stereocenters. The predicted octanol–water partition coefficient (Wildman–Crippen LogP) is 2.39. The van der Waals surface area contributed by atoms with Gasteiger partial charge in [-0.2, -0.15) is 0 Å². The van der Waals surface area contributed by atoms with Crippen LogP contribution in [-0.2, 0) is 0 Å². The molecule has 4 heteroatoms. The Hall–Kier alpha value is -1.49. The molecule has 0 fully saturated rings. The summed E-state index contributed by atoms with van der Waals surface area (Å²) in [4.78, 5) is 7.10. The first kappa shape index (κ1) is 12.5. The minimum absolute atomic E-state index is 0.589. The normalized spacial score (nSPS) is 10.8. The quantitative estimate of drug-likeness (QED) is 0.673. The van der Waals surface area contributed by atoms with Gasteiger partial charge in [0.2, 0.25) is 0 Å². The first-order valence-corrected chi connectivity index (χ1v) is 10.4. The Labute approximate surface area is 122 Å². The van der Waals surface area contributed by atoms with Gasteiger partial charge in [-0.25, -0.2) is 0 Å². The van der Waals surface area contributed by atoms with Gasteiger partial charge >= 0.3 is 122 Å². The van der Waals surface area contributed by atoms with E-state index >= 15 is 0 Å². The van der Waals surface area contributed by atoms with Crippen LogP contribution >= 0.6 is 0 Å². The first-order chi connectivity index (χ1) is 9.33. The van der Waals surface area contributed by atoms with Crippen LogP contribution in [0.1, 0.15) is 0 Å². The molecule has 19 heavy (non-hydrogen) atoms. The van der Waals surface area contributed by atoms with Gasteiger partial charge in [-0.05, 0) is 0 Å². The van der Waals surface area contributed by atoms with E-state index in [4.69, 9.17) is 9.72 Å². The van der Waals surface area contributed by atoms with Gasteiger partial charge in [-0.1, -0.05) is 0 Å². The number of pyridine rings is 1. The Kier molecular flexibility index (Phi) is 3.46. The van der Waals surface area contributed by atoms with Crippen LogP contribution in [0, 0.1) is 0 Å². The zero-order valence-electron chi connectivity index (χ0n) is 10.9. The second-order valence-electron chi connectivity index (χ2n) is 4.22. The summed E-state index contributed by atoms with van der Waals surface area (Å²) >= 11 is -0.589. The number of ether oxygens (including phenoxy) is 1. The Morgan fingerprint density at radius 2 is 1.89 bits per heavy atom. The second kappa shape index (κ2) is 5.25. The van der Waals surface area contributed by atoms with E-state index in [1.807, 2.05) is 18.2 Å². The molecule has 0 amide bonds. The summed E-state index contributed by atoms with van der Waals surface area (Å²) in [7, 11) is 1.69. The maximum atomic E-state index is 5.21. The van der Waals surface area contributed by atoms with Crippen molar-refractivity contribution in [3.63, 3.8) is 0 Å². The molecule has 1 aromatic carbocycles. The minimum atomic E-state index is -0.589. The first-order valence-electron chi connectivity index (χ1n) is 6.13. The van der Waals surface area contributed by atoms with Crippen LogP contribution in [-0.4, -0.2) is 37.6 Å². The third-order valence-corrected chi connectivity index (χ3v) is 5.85. The summed E-state index contributed by atoms with van der Waals surface area (Å²) in [6.07, 6.45) is 2.11. The summed E-state index contributed by atoms with van der Waals surface area (Å²) in [5.41, 5.74) is 3.33. The van der Waals surface area contributed by atoms with Crippen LogP contribution in [0.2, 0.25) is 4.94 Å². The van der Waals surface area contributed by atoms with Crippen LogP contribution in [0.15, 0.2) is 48.7 Å². The third-order valence-electron chi connectivity index (χ3n) is 3.13. The van der Waals surface area contributed by atoms with Crippen LogP contribution in [0.4, 0.5) is 0 Å². The molecule has 2 heterocycles. The van der Waals surface area contributed by atoms with E-state index in [0.717, 1.165) is 17.1 Å². The molecule has 0 aliphatic rings. The molecule has 3 rings (SSSR count). The molecule has 0 aliphatic heterocycles. The summed E-state index contributed by atoms with van der Waals surface area (Å²) in [5, 5.41) is 0. The number of benzene rings is 1. The van der Waals surface area contributed by atoms with Crippen molar-refractivity contribution in [3.8, 4) is 17.0 Å². The van der Waals surface area contributed by atoms with Crippen molar-refractivity contribution in [2.75, 3.05) is 7.11 Å². The number of aromatic nitrogens is 2. The molecular weight excluding hydrogens is 343 g/mol. The van der Waals surface area contributed by atoms with Crippen LogP contribution in [0.3, 0.4) is 0 Å². The monoisotopic (exact) mass is 358 g/mol. The fraction of sp³-hybridized carbons (Fsp3) is 0.133. The number of rotatable bonds is 3. The predicted molar refractivity (Wildman–Crippen MR) is 78.4 cm³/mol. The molecule has 2 radical (unpaired) electrons. The average Bonchev–Trinajstić information content (AvgIpc) is 2.85. The molecule has 0 bridgehead atoms. The van der Waals surface area contributed by atoms with Crippen molar-refractivity contribution >= 4 is 30.5 Å². The van der Waals surface area contributed by atoms with E-state index in [-0.39, 0.29) is 0 Å². The van der Waals surface area contributed by atoms with Crippen molar-refractivity contribution < 1.29 is 4.74 Å². The number of nitrogens with zero attached hydrogens (tertiary/aromatic N) is 2. The van der Waals surface area contributed by atoms with Crippen molar-refractivity contribution in [3.05, 3.63) is 48.7 Å². The molecule has 2 aromatic heterocycles. The molecule has 0 atom stereocenters. The number of hydrogen-bond donors (Lipinski definition) is 0. The number of fused-ring (bicyclic) bond motifs is 1. The van der Waals surface area contributed by atoms with Gasteiger partial charge in [0.15, 0.2) is 0 Å².